The van der Waals surface area contributed by atoms with Gasteiger partial charge in [0.15, 0.2) is 0 Å². The molecule has 2 aromatic carbocycles. The Labute approximate surface area is 151 Å². The van der Waals surface area contributed by atoms with Gasteiger partial charge in [-0.3, -0.25) is 4.79 Å². The second kappa shape index (κ2) is 8.50. The maximum atomic E-state index is 12.4. The zero-order chi connectivity index (χ0) is 17.0. The predicted molar refractivity (Wildman–Crippen MR) is 103 cm³/mol. The monoisotopic (exact) mass is 349 g/mol. The second-order valence-electron chi connectivity index (χ2n) is 6.60. The molecule has 0 spiro atoms. The van der Waals surface area contributed by atoms with Crippen molar-refractivity contribution < 1.29 is 9.90 Å². The summed E-state index contributed by atoms with van der Waals surface area (Å²) in [5.74, 6) is -0.718. The average molecular weight is 350 g/mol. The van der Waals surface area contributed by atoms with Crippen LogP contribution in [0.15, 0.2) is 42.5 Å². The standard InChI is InChI=1S/C20H27NO2.ClH/c1-5-21(4)14-13-20(15(2)3,19(22)23)18-12-8-10-16-9-6-7-11-17(16)18;/h6-12,15H,5,13-14H2,1-4H3,(H,22,23);1H. The van der Waals surface area contributed by atoms with E-state index in [-0.39, 0.29) is 18.3 Å². The Kier molecular flexibility index (Phi) is 7.25. The molecule has 4 heteroatoms. The molecule has 24 heavy (non-hydrogen) atoms. The third-order valence-corrected chi connectivity index (χ3v) is 5.07. The van der Waals surface area contributed by atoms with Crippen LogP contribution in [0.25, 0.3) is 10.8 Å². The highest BCUT2D eigenvalue weighted by Gasteiger charge is 2.44. The number of carboxylic acid groups (broad SMARTS) is 1. The molecule has 1 N–H and O–H groups in total. The number of benzene rings is 2. The van der Waals surface area contributed by atoms with Gasteiger partial charge in [0, 0.05) is 0 Å². The molecule has 3 nitrogen and oxygen atoms in total. The number of nitrogens with zero attached hydrogens (tertiary/aromatic N) is 1. The molecular formula is C20H28ClNO2. The molecule has 1 unspecified atom stereocenters. The van der Waals surface area contributed by atoms with Crippen molar-refractivity contribution in [2.45, 2.75) is 32.6 Å². The fourth-order valence-electron chi connectivity index (χ4n) is 3.34. The zero-order valence-electron chi connectivity index (χ0n) is 15.0. The van der Waals surface area contributed by atoms with E-state index in [0.717, 1.165) is 29.4 Å². The quantitative estimate of drug-likeness (QED) is 0.795. The lowest BCUT2D eigenvalue weighted by atomic mass is 9.68. The van der Waals surface area contributed by atoms with Gasteiger partial charge in [-0.25, -0.2) is 0 Å². The van der Waals surface area contributed by atoms with Gasteiger partial charge in [0.1, 0.15) is 0 Å². The van der Waals surface area contributed by atoms with Crippen LogP contribution in [0, 0.1) is 5.92 Å². The van der Waals surface area contributed by atoms with Crippen molar-refractivity contribution in [2.24, 2.45) is 5.92 Å². The van der Waals surface area contributed by atoms with E-state index in [1.54, 1.807) is 0 Å². The molecule has 0 bridgehead atoms. The van der Waals surface area contributed by atoms with E-state index in [2.05, 4.69) is 11.8 Å². The summed E-state index contributed by atoms with van der Waals surface area (Å²) in [6, 6.07) is 14.1. The van der Waals surface area contributed by atoms with E-state index in [1.807, 2.05) is 63.4 Å². The minimum Gasteiger partial charge on any atom is -0.481 e. The normalized spacial score (nSPS) is 13.8. The lowest BCUT2D eigenvalue weighted by molar-refractivity contribution is -0.146. The minimum absolute atomic E-state index is 0. The van der Waals surface area contributed by atoms with E-state index in [1.165, 1.54) is 0 Å². The summed E-state index contributed by atoms with van der Waals surface area (Å²) < 4.78 is 0. The molecule has 0 amide bonds. The van der Waals surface area contributed by atoms with Crippen molar-refractivity contribution in [3.8, 4) is 0 Å². The average Bonchev–Trinajstić information content (AvgIpc) is 2.54. The maximum Gasteiger partial charge on any atom is 0.314 e. The van der Waals surface area contributed by atoms with Gasteiger partial charge < -0.3 is 10.0 Å². The summed E-state index contributed by atoms with van der Waals surface area (Å²) in [6.45, 7) is 7.81. The smallest absolute Gasteiger partial charge is 0.314 e. The Morgan fingerprint density at radius 1 is 1.17 bits per heavy atom. The van der Waals surface area contributed by atoms with E-state index >= 15 is 0 Å². The highest BCUT2D eigenvalue weighted by molar-refractivity contribution is 5.93. The van der Waals surface area contributed by atoms with E-state index in [4.69, 9.17) is 0 Å². The lowest BCUT2D eigenvalue weighted by Crippen LogP contribution is -2.43. The number of rotatable bonds is 7. The van der Waals surface area contributed by atoms with Gasteiger partial charge in [-0.1, -0.05) is 63.2 Å². The highest BCUT2D eigenvalue weighted by Crippen LogP contribution is 2.40. The Morgan fingerprint density at radius 3 is 2.38 bits per heavy atom. The topological polar surface area (TPSA) is 40.5 Å². The van der Waals surface area contributed by atoms with Crippen LogP contribution < -0.4 is 0 Å². The van der Waals surface area contributed by atoms with E-state index in [9.17, 15) is 9.90 Å². The molecule has 0 fully saturated rings. The number of carboxylic acids is 1. The predicted octanol–water partition coefficient (Wildman–Crippen LogP) is 4.58. The van der Waals surface area contributed by atoms with Crippen LogP contribution in [0.4, 0.5) is 0 Å². The van der Waals surface area contributed by atoms with Crippen molar-refractivity contribution >= 4 is 29.1 Å². The first kappa shape index (κ1) is 20.5. The van der Waals surface area contributed by atoms with Gasteiger partial charge in [-0.05, 0) is 48.8 Å². The fraction of sp³-hybridized carbons (Fsp3) is 0.450. The van der Waals surface area contributed by atoms with Gasteiger partial charge >= 0.3 is 5.97 Å². The molecule has 0 aliphatic heterocycles. The molecular weight excluding hydrogens is 322 g/mol. The first-order valence-electron chi connectivity index (χ1n) is 8.33. The maximum absolute atomic E-state index is 12.4. The van der Waals surface area contributed by atoms with Crippen LogP contribution >= 0.6 is 12.4 Å². The van der Waals surface area contributed by atoms with Crippen LogP contribution in [0.1, 0.15) is 32.8 Å². The Morgan fingerprint density at radius 2 is 1.79 bits per heavy atom. The molecule has 0 heterocycles. The third-order valence-electron chi connectivity index (χ3n) is 5.07. The molecule has 0 saturated carbocycles. The largest absolute Gasteiger partial charge is 0.481 e. The summed E-state index contributed by atoms with van der Waals surface area (Å²) >= 11 is 0. The SMILES string of the molecule is CCN(C)CCC(C(=O)O)(c1cccc2ccccc12)C(C)C.Cl. The molecule has 0 saturated heterocycles. The molecule has 0 aliphatic rings. The van der Waals surface area contributed by atoms with Crippen LogP contribution in [0.3, 0.4) is 0 Å². The van der Waals surface area contributed by atoms with E-state index in [0.29, 0.717) is 6.42 Å². The highest BCUT2D eigenvalue weighted by atomic mass is 35.5. The summed E-state index contributed by atoms with van der Waals surface area (Å²) in [5, 5.41) is 12.3. The fourth-order valence-corrected chi connectivity index (χ4v) is 3.34. The zero-order valence-corrected chi connectivity index (χ0v) is 15.8. The Balaban J connectivity index is 0.00000288. The number of fused-ring (bicyclic) bond motifs is 1. The molecule has 0 aromatic heterocycles. The first-order valence-corrected chi connectivity index (χ1v) is 8.33. The summed E-state index contributed by atoms with van der Waals surface area (Å²) in [7, 11) is 2.04. The van der Waals surface area contributed by atoms with Crippen LogP contribution in [0.2, 0.25) is 0 Å². The molecule has 2 rings (SSSR count). The molecule has 2 aromatic rings. The van der Waals surface area contributed by atoms with Gasteiger partial charge in [-0.2, -0.15) is 0 Å². The van der Waals surface area contributed by atoms with Crippen molar-refractivity contribution in [1.29, 1.82) is 0 Å². The second-order valence-corrected chi connectivity index (χ2v) is 6.60. The molecule has 1 atom stereocenters. The van der Waals surface area contributed by atoms with Crippen molar-refractivity contribution in [2.75, 3.05) is 20.1 Å². The number of halogens is 1. The van der Waals surface area contributed by atoms with Gasteiger partial charge in [0.05, 0.1) is 5.41 Å². The number of hydrogen-bond acceptors (Lipinski definition) is 2. The summed E-state index contributed by atoms with van der Waals surface area (Å²) in [4.78, 5) is 14.6. The van der Waals surface area contributed by atoms with Crippen LogP contribution in [-0.4, -0.2) is 36.1 Å². The van der Waals surface area contributed by atoms with Crippen molar-refractivity contribution in [3.05, 3.63) is 48.0 Å². The number of hydrogen-bond donors (Lipinski definition) is 1. The minimum atomic E-state index is -0.871. The number of aliphatic carboxylic acids is 1. The van der Waals surface area contributed by atoms with Gasteiger partial charge in [0.25, 0.3) is 0 Å². The Bertz CT molecular complexity index is 681. The van der Waals surface area contributed by atoms with Gasteiger partial charge in [0.2, 0.25) is 0 Å². The molecule has 0 radical (unpaired) electrons. The van der Waals surface area contributed by atoms with E-state index < -0.39 is 11.4 Å². The Hall–Kier alpha value is -1.58. The third kappa shape index (κ3) is 3.73. The molecule has 0 aliphatic carbocycles. The molecule has 132 valence electrons. The van der Waals surface area contributed by atoms with Crippen LogP contribution in [-0.2, 0) is 10.2 Å². The number of carbonyl (C=O) groups is 1. The van der Waals surface area contributed by atoms with Crippen molar-refractivity contribution in [3.63, 3.8) is 0 Å². The summed E-state index contributed by atoms with van der Waals surface area (Å²) in [5.41, 5.74) is 0.0622. The van der Waals surface area contributed by atoms with Crippen LogP contribution in [0.5, 0.6) is 0 Å². The lowest BCUT2D eigenvalue weighted by Gasteiger charge is -2.36. The summed E-state index contributed by atoms with van der Waals surface area (Å²) in [6.07, 6.45) is 0.609. The van der Waals surface area contributed by atoms with Crippen molar-refractivity contribution in [1.82, 2.24) is 4.90 Å². The first-order chi connectivity index (χ1) is 10.9. The van der Waals surface area contributed by atoms with Gasteiger partial charge in [-0.15, -0.1) is 12.4 Å².